The topological polar surface area (TPSA) is 38.3 Å². The van der Waals surface area contributed by atoms with Crippen molar-refractivity contribution in [2.75, 3.05) is 18.5 Å². The van der Waals surface area contributed by atoms with E-state index in [1.54, 1.807) is 0 Å². The van der Waals surface area contributed by atoms with E-state index in [-0.39, 0.29) is 18.1 Å². The Hall–Kier alpha value is -0.0900. The quantitative estimate of drug-likeness (QED) is 0.587. The van der Waals surface area contributed by atoms with E-state index in [1.807, 2.05) is 6.92 Å². The van der Waals surface area contributed by atoms with Gasteiger partial charge in [-0.3, -0.25) is 4.79 Å². The summed E-state index contributed by atoms with van der Waals surface area (Å²) < 4.78 is 5.18. The van der Waals surface area contributed by atoms with Crippen LogP contribution in [0.2, 0.25) is 0 Å². The fourth-order valence-corrected chi connectivity index (χ4v) is 2.24. The van der Waals surface area contributed by atoms with Crippen LogP contribution in [0.4, 0.5) is 0 Å². The van der Waals surface area contributed by atoms with Gasteiger partial charge in [-0.1, -0.05) is 22.9 Å². The molecule has 1 aliphatic rings. The van der Waals surface area contributed by atoms with Gasteiger partial charge < -0.3 is 10.1 Å². The van der Waals surface area contributed by atoms with Crippen molar-refractivity contribution in [1.29, 1.82) is 0 Å². The fraction of sp³-hybridized carbons (Fsp3) is 0.900. The van der Waals surface area contributed by atoms with Crippen LogP contribution in [0.1, 0.15) is 32.6 Å². The highest BCUT2D eigenvalue weighted by molar-refractivity contribution is 9.09. The van der Waals surface area contributed by atoms with Gasteiger partial charge in [-0.2, -0.15) is 0 Å². The number of hydrogen-bond acceptors (Lipinski definition) is 2. The maximum absolute atomic E-state index is 11.4. The summed E-state index contributed by atoms with van der Waals surface area (Å²) in [6, 6.07) is 0. The van der Waals surface area contributed by atoms with Crippen LogP contribution in [0.3, 0.4) is 0 Å². The number of hydrogen-bond donors (Lipinski definition) is 1. The summed E-state index contributed by atoms with van der Waals surface area (Å²) in [7, 11) is 0. The summed E-state index contributed by atoms with van der Waals surface area (Å²) >= 11 is 3.44. The third kappa shape index (κ3) is 3.24. The van der Waals surface area contributed by atoms with Gasteiger partial charge in [0.15, 0.2) is 0 Å². The molecule has 0 atom stereocenters. The van der Waals surface area contributed by atoms with Crippen molar-refractivity contribution < 1.29 is 9.53 Å². The van der Waals surface area contributed by atoms with Crippen molar-refractivity contribution in [1.82, 2.24) is 5.32 Å². The van der Waals surface area contributed by atoms with E-state index in [1.165, 1.54) is 6.42 Å². The van der Waals surface area contributed by atoms with Crippen LogP contribution in [-0.4, -0.2) is 30.0 Å². The average Bonchev–Trinajstić information content (AvgIpc) is 2.12. The Labute approximate surface area is 93.7 Å². The molecule has 0 unspecified atom stereocenters. The Kier molecular flexibility index (Phi) is 4.89. The minimum atomic E-state index is 0.0117. The van der Waals surface area contributed by atoms with Gasteiger partial charge in [-0.05, 0) is 25.7 Å². The molecule has 0 aliphatic heterocycles. The van der Waals surface area contributed by atoms with Crippen LogP contribution >= 0.6 is 15.9 Å². The lowest BCUT2D eigenvalue weighted by molar-refractivity contribution is -0.128. The molecule has 1 rings (SSSR count). The van der Waals surface area contributed by atoms with Gasteiger partial charge in [0.05, 0.1) is 0 Å². The van der Waals surface area contributed by atoms with Crippen LogP contribution in [0.15, 0.2) is 0 Å². The molecule has 14 heavy (non-hydrogen) atoms. The van der Waals surface area contributed by atoms with E-state index < -0.39 is 0 Å². The lowest BCUT2D eigenvalue weighted by Gasteiger charge is -2.41. The molecule has 0 spiro atoms. The number of amides is 1. The number of carbonyl (C=O) groups excluding carboxylic acids is 1. The monoisotopic (exact) mass is 263 g/mol. The average molecular weight is 264 g/mol. The van der Waals surface area contributed by atoms with Crippen molar-refractivity contribution in [3.05, 3.63) is 0 Å². The first-order chi connectivity index (χ1) is 6.72. The number of carbonyl (C=O) groups is 1. The summed E-state index contributed by atoms with van der Waals surface area (Å²) in [5.74, 6) is 0.0117. The second-order valence-electron chi connectivity index (χ2n) is 3.87. The number of halogens is 1. The van der Waals surface area contributed by atoms with Crippen LogP contribution in [0.25, 0.3) is 0 Å². The minimum absolute atomic E-state index is 0.0117. The van der Waals surface area contributed by atoms with Gasteiger partial charge in [0.25, 0.3) is 0 Å². The first-order valence-electron chi connectivity index (χ1n) is 5.17. The molecule has 0 bridgehead atoms. The molecule has 0 saturated heterocycles. The van der Waals surface area contributed by atoms with Crippen molar-refractivity contribution >= 4 is 21.8 Å². The zero-order valence-corrected chi connectivity index (χ0v) is 10.2. The van der Waals surface area contributed by atoms with E-state index in [9.17, 15) is 4.79 Å². The number of nitrogens with one attached hydrogen (secondary N) is 1. The summed E-state index contributed by atoms with van der Waals surface area (Å²) in [6.45, 7) is 2.89. The molecule has 1 amide bonds. The molecule has 1 N–H and O–H groups in total. The molecule has 0 aromatic carbocycles. The number of ether oxygens (including phenoxy) is 1. The van der Waals surface area contributed by atoms with E-state index in [4.69, 9.17) is 4.74 Å². The van der Waals surface area contributed by atoms with Crippen molar-refractivity contribution in [2.45, 2.75) is 38.1 Å². The molecule has 1 aliphatic carbocycles. The molecule has 0 aromatic heterocycles. The van der Waals surface area contributed by atoms with Gasteiger partial charge in [-0.25, -0.2) is 0 Å². The highest BCUT2D eigenvalue weighted by Gasteiger charge is 2.36. The summed E-state index contributed by atoms with van der Waals surface area (Å²) in [5.41, 5.74) is 0.0205. The Bertz CT molecular complexity index is 187. The lowest BCUT2D eigenvalue weighted by atomic mass is 9.78. The van der Waals surface area contributed by atoms with Crippen LogP contribution in [-0.2, 0) is 9.53 Å². The Morgan fingerprint density at radius 3 is 2.71 bits per heavy atom. The van der Waals surface area contributed by atoms with Gasteiger partial charge >= 0.3 is 0 Å². The normalized spacial score (nSPS) is 18.7. The second-order valence-corrected chi connectivity index (χ2v) is 4.43. The third-order valence-corrected chi connectivity index (χ3v) is 3.63. The largest absolute Gasteiger partial charge is 0.372 e. The first-order valence-corrected chi connectivity index (χ1v) is 6.29. The Balaban J connectivity index is 2.18. The standard InChI is InChI=1S/C10H18BrNO2/c1-2-6-14-7-9(13)12-10(8-11)4-3-5-10/h2-8H2,1H3,(H,12,13). The summed E-state index contributed by atoms with van der Waals surface area (Å²) in [6.07, 6.45) is 4.33. The molecular weight excluding hydrogens is 246 g/mol. The molecule has 0 aromatic rings. The maximum Gasteiger partial charge on any atom is 0.246 e. The van der Waals surface area contributed by atoms with E-state index in [2.05, 4.69) is 21.2 Å². The van der Waals surface area contributed by atoms with E-state index in [0.29, 0.717) is 6.61 Å². The molecule has 1 saturated carbocycles. The van der Waals surface area contributed by atoms with Crippen LogP contribution in [0, 0.1) is 0 Å². The van der Waals surface area contributed by atoms with Crippen LogP contribution in [0.5, 0.6) is 0 Å². The molecule has 0 radical (unpaired) electrons. The first kappa shape index (κ1) is 12.0. The van der Waals surface area contributed by atoms with Crippen molar-refractivity contribution in [3.63, 3.8) is 0 Å². The Morgan fingerprint density at radius 1 is 1.57 bits per heavy atom. The predicted octanol–water partition coefficient (Wildman–Crippen LogP) is 1.85. The molecule has 82 valence electrons. The lowest BCUT2D eigenvalue weighted by Crippen LogP contribution is -2.55. The third-order valence-electron chi connectivity index (χ3n) is 2.55. The summed E-state index contributed by atoms with van der Waals surface area (Å²) in [5, 5.41) is 3.87. The van der Waals surface area contributed by atoms with Gasteiger partial charge in [0.1, 0.15) is 6.61 Å². The zero-order chi connectivity index (χ0) is 10.4. The smallest absolute Gasteiger partial charge is 0.246 e. The molecule has 3 nitrogen and oxygen atoms in total. The maximum atomic E-state index is 11.4. The van der Waals surface area contributed by atoms with Gasteiger partial charge in [0.2, 0.25) is 5.91 Å². The zero-order valence-electron chi connectivity index (χ0n) is 8.64. The Morgan fingerprint density at radius 2 is 2.29 bits per heavy atom. The molecule has 1 fully saturated rings. The number of alkyl halides is 1. The second kappa shape index (κ2) is 5.71. The highest BCUT2D eigenvalue weighted by atomic mass is 79.9. The van der Waals surface area contributed by atoms with Gasteiger partial charge in [0, 0.05) is 17.5 Å². The predicted molar refractivity (Wildman–Crippen MR) is 59.6 cm³/mol. The summed E-state index contributed by atoms with van der Waals surface area (Å²) in [4.78, 5) is 11.4. The molecule has 0 heterocycles. The number of rotatable bonds is 6. The van der Waals surface area contributed by atoms with Crippen molar-refractivity contribution in [2.24, 2.45) is 0 Å². The molecule has 4 heteroatoms. The molecular formula is C10H18BrNO2. The van der Waals surface area contributed by atoms with E-state index in [0.717, 1.165) is 24.6 Å². The van der Waals surface area contributed by atoms with Crippen LogP contribution < -0.4 is 5.32 Å². The van der Waals surface area contributed by atoms with Crippen molar-refractivity contribution in [3.8, 4) is 0 Å². The highest BCUT2D eigenvalue weighted by Crippen LogP contribution is 2.33. The van der Waals surface area contributed by atoms with Gasteiger partial charge in [-0.15, -0.1) is 0 Å². The SMILES string of the molecule is CCCOCC(=O)NC1(CBr)CCC1. The van der Waals surface area contributed by atoms with E-state index >= 15 is 0 Å². The fourth-order valence-electron chi connectivity index (χ4n) is 1.54. The minimum Gasteiger partial charge on any atom is -0.372 e.